The zero-order valence-electron chi connectivity index (χ0n) is 9.43. The molecule has 0 unspecified atom stereocenters. The van der Waals surface area contributed by atoms with Crippen molar-refractivity contribution < 1.29 is 14.4 Å². The first-order chi connectivity index (χ1) is 8.11. The largest absolute Gasteiger partial charge is 0.475 e. The van der Waals surface area contributed by atoms with Gasteiger partial charge in [0.1, 0.15) is 5.69 Å². The van der Waals surface area contributed by atoms with Crippen molar-refractivity contribution >= 4 is 17.7 Å². The van der Waals surface area contributed by atoms with Crippen molar-refractivity contribution in [1.29, 1.82) is 0 Å². The molecule has 4 nitrogen and oxygen atoms in total. The van der Waals surface area contributed by atoms with Crippen LogP contribution in [0.2, 0.25) is 0 Å². The summed E-state index contributed by atoms with van der Waals surface area (Å²) in [5.74, 6) is -1.25. The second-order valence-electron chi connectivity index (χ2n) is 3.56. The van der Waals surface area contributed by atoms with Crippen LogP contribution < -0.4 is 0 Å². The molecule has 0 saturated carbocycles. The molecule has 2 aromatic rings. The van der Waals surface area contributed by atoms with E-state index < -0.39 is 5.97 Å². The maximum Gasteiger partial charge on any atom is 0.374 e. The van der Waals surface area contributed by atoms with Crippen LogP contribution in [0.15, 0.2) is 33.7 Å². The second kappa shape index (κ2) is 4.63. The highest BCUT2D eigenvalue weighted by atomic mass is 32.2. The molecule has 2 rings (SSSR count). The number of hydrogen-bond acceptors (Lipinski definition) is 4. The first-order valence-corrected chi connectivity index (χ1v) is 6.19. The third-order valence-corrected chi connectivity index (χ3v) is 3.17. The summed E-state index contributed by atoms with van der Waals surface area (Å²) in [5, 5.41) is 12.6. The maximum absolute atomic E-state index is 10.7. The van der Waals surface area contributed by atoms with E-state index >= 15 is 0 Å². The van der Waals surface area contributed by atoms with Gasteiger partial charge < -0.3 is 9.63 Å². The van der Waals surface area contributed by atoms with Crippen molar-refractivity contribution in [3.63, 3.8) is 0 Å². The first-order valence-electron chi connectivity index (χ1n) is 4.97. The number of aromatic carboxylic acids is 1. The van der Waals surface area contributed by atoms with Crippen molar-refractivity contribution in [3.8, 4) is 11.3 Å². The zero-order valence-corrected chi connectivity index (χ0v) is 10.2. The highest BCUT2D eigenvalue weighted by molar-refractivity contribution is 7.98. The van der Waals surface area contributed by atoms with Gasteiger partial charge >= 0.3 is 5.97 Å². The molecular formula is C12H11NO3S. The lowest BCUT2D eigenvalue weighted by Crippen LogP contribution is -1.91. The molecule has 5 heteroatoms. The molecule has 0 aliphatic heterocycles. The van der Waals surface area contributed by atoms with E-state index in [4.69, 9.17) is 9.63 Å². The van der Waals surface area contributed by atoms with Gasteiger partial charge in [0.05, 0.1) is 0 Å². The Morgan fingerprint density at radius 1 is 1.41 bits per heavy atom. The van der Waals surface area contributed by atoms with E-state index in [-0.39, 0.29) is 5.76 Å². The Kier molecular flexibility index (Phi) is 3.19. The van der Waals surface area contributed by atoms with Crippen LogP contribution in [0.3, 0.4) is 0 Å². The van der Waals surface area contributed by atoms with E-state index in [0.717, 1.165) is 16.0 Å². The third-order valence-electron chi connectivity index (χ3n) is 2.44. The standard InChI is InChI=1S/C12H11NO3S/c1-7-3-4-8(17-2)5-9(7)10-6-11(12(14)15)16-13-10/h3-6H,1-2H3,(H,14,15). The van der Waals surface area contributed by atoms with Gasteiger partial charge in [-0.25, -0.2) is 4.79 Å². The predicted octanol–water partition coefficient (Wildman–Crippen LogP) is 3.07. The maximum atomic E-state index is 10.7. The van der Waals surface area contributed by atoms with E-state index in [0.29, 0.717) is 5.69 Å². The van der Waals surface area contributed by atoms with Crippen LogP contribution in [0.25, 0.3) is 11.3 Å². The Labute approximate surface area is 103 Å². The summed E-state index contributed by atoms with van der Waals surface area (Å²) in [6.45, 7) is 1.95. The number of carbonyl (C=O) groups is 1. The quantitative estimate of drug-likeness (QED) is 0.847. The number of carboxylic acid groups (broad SMARTS) is 1. The summed E-state index contributed by atoms with van der Waals surface area (Å²) >= 11 is 1.62. The fourth-order valence-electron chi connectivity index (χ4n) is 1.51. The molecule has 0 amide bonds. The average Bonchev–Trinajstić information content (AvgIpc) is 2.79. The van der Waals surface area contributed by atoms with E-state index in [1.54, 1.807) is 11.8 Å². The number of aryl methyl sites for hydroxylation is 1. The summed E-state index contributed by atoms with van der Waals surface area (Å²) in [6, 6.07) is 7.41. The fraction of sp³-hybridized carbons (Fsp3) is 0.167. The van der Waals surface area contributed by atoms with Crippen LogP contribution in [-0.2, 0) is 0 Å². The van der Waals surface area contributed by atoms with Gasteiger partial charge in [-0.2, -0.15) is 0 Å². The van der Waals surface area contributed by atoms with Gasteiger partial charge in [-0.15, -0.1) is 11.8 Å². The van der Waals surface area contributed by atoms with Gasteiger partial charge in [0.15, 0.2) is 0 Å². The molecule has 1 N–H and O–H groups in total. The van der Waals surface area contributed by atoms with E-state index in [1.807, 2.05) is 31.4 Å². The van der Waals surface area contributed by atoms with Crippen LogP contribution in [0.4, 0.5) is 0 Å². The number of thioether (sulfide) groups is 1. The minimum atomic E-state index is -1.11. The Bertz CT molecular complexity index is 563. The predicted molar refractivity (Wildman–Crippen MR) is 65.4 cm³/mol. The topological polar surface area (TPSA) is 63.3 Å². The highest BCUT2D eigenvalue weighted by Crippen LogP contribution is 2.27. The minimum absolute atomic E-state index is 0.144. The van der Waals surface area contributed by atoms with Crippen molar-refractivity contribution in [2.45, 2.75) is 11.8 Å². The normalized spacial score (nSPS) is 10.5. The van der Waals surface area contributed by atoms with Crippen molar-refractivity contribution in [2.75, 3.05) is 6.26 Å². The van der Waals surface area contributed by atoms with Crippen LogP contribution in [0, 0.1) is 6.92 Å². The van der Waals surface area contributed by atoms with Crippen LogP contribution in [0.1, 0.15) is 16.1 Å². The molecule has 0 bridgehead atoms. The van der Waals surface area contributed by atoms with Gasteiger partial charge in [-0.3, -0.25) is 0 Å². The number of aromatic nitrogens is 1. The summed E-state index contributed by atoms with van der Waals surface area (Å²) in [7, 11) is 0. The minimum Gasteiger partial charge on any atom is -0.475 e. The van der Waals surface area contributed by atoms with Gasteiger partial charge in [-0.05, 0) is 30.9 Å². The van der Waals surface area contributed by atoms with Gasteiger partial charge in [-0.1, -0.05) is 11.2 Å². The summed E-state index contributed by atoms with van der Waals surface area (Å²) in [6.07, 6.45) is 1.99. The number of rotatable bonds is 3. The molecule has 0 fully saturated rings. The lowest BCUT2D eigenvalue weighted by atomic mass is 10.1. The van der Waals surface area contributed by atoms with E-state index in [2.05, 4.69) is 5.16 Å². The van der Waals surface area contributed by atoms with Crippen LogP contribution in [0.5, 0.6) is 0 Å². The number of nitrogens with zero attached hydrogens (tertiary/aromatic N) is 1. The summed E-state index contributed by atoms with van der Waals surface area (Å²) < 4.78 is 4.75. The Hall–Kier alpha value is -1.75. The SMILES string of the molecule is CSc1ccc(C)c(-c2cc(C(=O)O)on2)c1. The van der Waals surface area contributed by atoms with E-state index in [1.165, 1.54) is 6.07 Å². The average molecular weight is 249 g/mol. The van der Waals surface area contributed by atoms with Gasteiger partial charge in [0.2, 0.25) is 5.76 Å². The number of hydrogen-bond donors (Lipinski definition) is 1. The molecule has 88 valence electrons. The molecule has 1 aromatic carbocycles. The lowest BCUT2D eigenvalue weighted by molar-refractivity contribution is 0.0652. The molecule has 1 heterocycles. The van der Waals surface area contributed by atoms with Crippen molar-refractivity contribution in [3.05, 3.63) is 35.6 Å². The Balaban J connectivity index is 2.47. The molecule has 17 heavy (non-hydrogen) atoms. The van der Waals surface area contributed by atoms with E-state index in [9.17, 15) is 4.79 Å². The van der Waals surface area contributed by atoms with Gasteiger partial charge in [0, 0.05) is 16.5 Å². The first kappa shape index (κ1) is 11.7. The molecule has 0 radical (unpaired) electrons. The fourth-order valence-corrected chi connectivity index (χ4v) is 1.95. The summed E-state index contributed by atoms with van der Waals surface area (Å²) in [5.41, 5.74) is 2.48. The highest BCUT2D eigenvalue weighted by Gasteiger charge is 2.13. The van der Waals surface area contributed by atoms with Crippen LogP contribution >= 0.6 is 11.8 Å². The molecule has 0 aliphatic carbocycles. The summed E-state index contributed by atoms with van der Waals surface area (Å²) in [4.78, 5) is 11.8. The zero-order chi connectivity index (χ0) is 12.4. The molecule has 0 aliphatic rings. The lowest BCUT2D eigenvalue weighted by Gasteiger charge is -2.03. The molecular weight excluding hydrogens is 238 g/mol. The molecule has 0 saturated heterocycles. The Morgan fingerprint density at radius 3 is 2.76 bits per heavy atom. The number of carboxylic acids is 1. The molecule has 0 spiro atoms. The van der Waals surface area contributed by atoms with Crippen molar-refractivity contribution in [1.82, 2.24) is 5.16 Å². The Morgan fingerprint density at radius 2 is 2.18 bits per heavy atom. The molecule has 0 atom stereocenters. The monoisotopic (exact) mass is 249 g/mol. The second-order valence-corrected chi connectivity index (χ2v) is 4.44. The van der Waals surface area contributed by atoms with Crippen molar-refractivity contribution in [2.24, 2.45) is 0 Å². The van der Waals surface area contributed by atoms with Crippen LogP contribution in [-0.4, -0.2) is 22.5 Å². The number of benzene rings is 1. The third kappa shape index (κ3) is 2.34. The smallest absolute Gasteiger partial charge is 0.374 e. The molecule has 1 aromatic heterocycles. The van der Waals surface area contributed by atoms with Gasteiger partial charge in [0.25, 0.3) is 0 Å².